The second-order valence-electron chi connectivity index (χ2n) is 7.93. The van der Waals surface area contributed by atoms with E-state index in [-0.39, 0.29) is 17.4 Å². The third kappa shape index (κ3) is 6.44. The average molecular weight is 481 g/mol. The predicted molar refractivity (Wildman–Crippen MR) is 128 cm³/mol. The predicted octanol–water partition coefficient (Wildman–Crippen LogP) is 5.78. The first-order valence-corrected chi connectivity index (χ1v) is 10.5. The Morgan fingerprint density at radius 3 is 2.30 bits per heavy atom. The molecule has 3 rings (SSSR count). The van der Waals surface area contributed by atoms with Crippen LogP contribution < -0.4 is 5.43 Å². The van der Waals surface area contributed by atoms with Crippen LogP contribution >= 0.6 is 12.2 Å². The molecule has 0 spiro atoms. The van der Waals surface area contributed by atoms with Crippen LogP contribution in [0.2, 0.25) is 0 Å². The number of benzene rings is 2. The molecule has 178 valence electrons. The quantitative estimate of drug-likeness (QED) is 0.251. The molecular formula is C23H27F3N4O2S. The maximum Gasteiger partial charge on any atom is 0.449 e. The highest BCUT2D eigenvalue weighted by Crippen LogP contribution is 2.33. The second-order valence-corrected chi connectivity index (χ2v) is 8.54. The number of halogens is 3. The number of phenols is 2. The van der Waals surface area contributed by atoms with Gasteiger partial charge in [0.2, 0.25) is 5.82 Å². The fourth-order valence-corrected chi connectivity index (χ4v) is 3.18. The number of nitrogens with zero attached hydrogens (tertiary/aromatic N) is 3. The Balaban J connectivity index is 0.000000237. The van der Waals surface area contributed by atoms with Gasteiger partial charge in [-0.1, -0.05) is 32.1 Å². The molecule has 10 heteroatoms. The molecule has 0 amide bonds. The van der Waals surface area contributed by atoms with Crippen LogP contribution in [-0.2, 0) is 13.2 Å². The number of aromatic hydroxyl groups is 2. The zero-order valence-corrected chi connectivity index (χ0v) is 20.1. The minimum atomic E-state index is -4.40. The van der Waals surface area contributed by atoms with E-state index in [1.807, 2.05) is 20.8 Å². The Morgan fingerprint density at radius 2 is 1.76 bits per heavy atom. The number of thiocarbonyl (C=S) groups is 1. The summed E-state index contributed by atoms with van der Waals surface area (Å²) in [5.41, 5.74) is 6.42. The summed E-state index contributed by atoms with van der Waals surface area (Å²) in [4.78, 5) is 4.13. The van der Waals surface area contributed by atoms with Crippen molar-refractivity contribution in [3.8, 4) is 11.5 Å². The number of fused-ring (bicyclic) bond motifs is 1. The van der Waals surface area contributed by atoms with Crippen LogP contribution in [0.15, 0.2) is 35.4 Å². The first-order valence-electron chi connectivity index (χ1n) is 10.1. The number of alkyl halides is 3. The molecule has 0 saturated heterocycles. The summed E-state index contributed by atoms with van der Waals surface area (Å²) in [6, 6.07) is 8.14. The molecular weight excluding hydrogens is 453 g/mol. The second kappa shape index (κ2) is 10.2. The number of hydrazone groups is 1. The highest BCUT2D eigenvalue weighted by Gasteiger charge is 2.36. The van der Waals surface area contributed by atoms with E-state index in [9.17, 15) is 23.4 Å². The Bertz CT molecular complexity index is 1200. The zero-order chi connectivity index (χ0) is 25.1. The zero-order valence-electron chi connectivity index (χ0n) is 19.2. The van der Waals surface area contributed by atoms with E-state index in [1.54, 1.807) is 38.1 Å². The summed E-state index contributed by atoms with van der Waals surface area (Å²) < 4.78 is 38.6. The largest absolute Gasteiger partial charge is 0.508 e. The Labute approximate surface area is 195 Å². The summed E-state index contributed by atoms with van der Waals surface area (Å²) in [7, 11) is 1.37. The molecule has 6 nitrogen and oxygen atoms in total. The van der Waals surface area contributed by atoms with Gasteiger partial charge in [0, 0.05) is 18.7 Å². The van der Waals surface area contributed by atoms with Crippen molar-refractivity contribution in [2.75, 3.05) is 0 Å². The fourth-order valence-electron chi connectivity index (χ4n) is 3.13. The van der Waals surface area contributed by atoms with Crippen LogP contribution in [0.5, 0.6) is 11.5 Å². The van der Waals surface area contributed by atoms with E-state index >= 15 is 0 Å². The maximum atomic E-state index is 12.5. The molecule has 1 aromatic heterocycles. The molecule has 0 aliphatic rings. The van der Waals surface area contributed by atoms with Gasteiger partial charge >= 0.3 is 6.18 Å². The molecule has 0 aliphatic carbocycles. The van der Waals surface area contributed by atoms with Gasteiger partial charge in [0.1, 0.15) is 11.5 Å². The summed E-state index contributed by atoms with van der Waals surface area (Å²) in [5, 5.41) is 23.7. The van der Waals surface area contributed by atoms with Crippen molar-refractivity contribution in [1.82, 2.24) is 15.0 Å². The van der Waals surface area contributed by atoms with Crippen molar-refractivity contribution >= 4 is 34.0 Å². The molecule has 33 heavy (non-hydrogen) atoms. The number of nitrogens with one attached hydrogen (secondary N) is 1. The number of imidazole rings is 1. The van der Waals surface area contributed by atoms with Crippen LogP contribution in [0.1, 0.15) is 56.1 Å². The van der Waals surface area contributed by atoms with Gasteiger partial charge in [0.05, 0.1) is 21.7 Å². The third-order valence-electron chi connectivity index (χ3n) is 4.83. The van der Waals surface area contributed by atoms with Crippen molar-refractivity contribution in [3.05, 3.63) is 52.8 Å². The highest BCUT2D eigenvalue weighted by molar-refractivity contribution is 7.80. The van der Waals surface area contributed by atoms with Gasteiger partial charge in [0.25, 0.3) is 0 Å². The molecule has 3 N–H and O–H groups in total. The number of hydrogen-bond donors (Lipinski definition) is 3. The summed E-state index contributed by atoms with van der Waals surface area (Å²) >= 11 is 4.86. The van der Waals surface area contributed by atoms with Crippen LogP contribution in [-0.4, -0.2) is 30.5 Å². The number of aryl methyl sites for hydroxylation is 2. The van der Waals surface area contributed by atoms with Gasteiger partial charge in [-0.3, -0.25) is 5.43 Å². The van der Waals surface area contributed by atoms with Gasteiger partial charge in [-0.05, 0) is 56.0 Å². The normalized spacial score (nSPS) is 12.0. The third-order valence-corrected chi connectivity index (χ3v) is 4.92. The average Bonchev–Trinajstić information content (AvgIpc) is 3.02. The molecule has 0 aliphatic heterocycles. The van der Waals surface area contributed by atoms with E-state index < -0.39 is 12.0 Å². The van der Waals surface area contributed by atoms with Crippen molar-refractivity contribution in [3.63, 3.8) is 0 Å². The smallest absolute Gasteiger partial charge is 0.449 e. The van der Waals surface area contributed by atoms with E-state index in [0.717, 1.165) is 15.7 Å². The molecule has 0 saturated carbocycles. The molecule has 3 aromatic rings. The molecule has 2 aromatic carbocycles. The van der Waals surface area contributed by atoms with Crippen LogP contribution in [0, 0.1) is 6.92 Å². The summed E-state index contributed by atoms with van der Waals surface area (Å²) in [6.07, 6.45) is -4.40. The Kier molecular flexibility index (Phi) is 8.07. The molecule has 0 unspecified atom stereocenters. The number of hydrogen-bond acceptors (Lipinski definition) is 5. The van der Waals surface area contributed by atoms with Crippen LogP contribution in [0.25, 0.3) is 11.0 Å². The molecule has 0 fully saturated rings. The van der Waals surface area contributed by atoms with Gasteiger partial charge in [-0.2, -0.15) is 18.3 Å². The van der Waals surface area contributed by atoms with Crippen molar-refractivity contribution < 1.29 is 23.4 Å². The van der Waals surface area contributed by atoms with Gasteiger partial charge in [0.15, 0.2) is 0 Å². The Hall–Kier alpha value is -3.14. The van der Waals surface area contributed by atoms with Crippen molar-refractivity contribution in [1.29, 1.82) is 0 Å². The lowest BCUT2D eigenvalue weighted by Gasteiger charge is -2.12. The summed E-state index contributed by atoms with van der Waals surface area (Å²) in [6.45, 7) is 9.26. The molecule has 0 radical (unpaired) electrons. The molecule has 0 atom stereocenters. The van der Waals surface area contributed by atoms with Gasteiger partial charge in [-0.15, -0.1) is 0 Å². The van der Waals surface area contributed by atoms with Gasteiger partial charge in [-0.25, -0.2) is 4.98 Å². The summed E-state index contributed by atoms with van der Waals surface area (Å²) in [5.74, 6) is -0.597. The lowest BCUT2D eigenvalue weighted by Crippen LogP contribution is -2.13. The maximum absolute atomic E-state index is 12.5. The number of phenolic OH excluding ortho intramolecular Hbond substituents is 2. The first kappa shape index (κ1) is 26.1. The van der Waals surface area contributed by atoms with Crippen LogP contribution in [0.4, 0.5) is 13.2 Å². The standard InChI is InChI=1S/C13H18N2O2S.C10H9F3N2/c1-7(2)10-5-11(13(17)6-12(10)16)8(3)14-15-9(4)18;1-6-3-4-8-7(5-6)14-9(15(8)2)10(11,12)13/h5-7,16-17H,1-4H3,(H,15,18);3-5H,1-2H3/b14-8+;. The van der Waals surface area contributed by atoms with E-state index in [1.165, 1.54) is 13.1 Å². The monoisotopic (exact) mass is 480 g/mol. The van der Waals surface area contributed by atoms with Crippen molar-refractivity contribution in [2.45, 2.75) is 46.7 Å². The SMILES string of the molecule is CC(=S)N/N=C(\C)c1cc(C(C)C)c(O)cc1O.Cc1ccc2c(c1)nc(C(F)(F)F)n2C. The van der Waals surface area contributed by atoms with Crippen molar-refractivity contribution in [2.24, 2.45) is 12.1 Å². The van der Waals surface area contributed by atoms with Gasteiger partial charge < -0.3 is 14.8 Å². The van der Waals surface area contributed by atoms with E-state index in [2.05, 4.69) is 15.5 Å². The fraction of sp³-hybridized carbons (Fsp3) is 0.348. The Morgan fingerprint density at radius 1 is 1.12 bits per heavy atom. The molecule has 0 bridgehead atoms. The number of rotatable bonds is 3. The minimum Gasteiger partial charge on any atom is -0.508 e. The lowest BCUT2D eigenvalue weighted by atomic mass is 9.97. The minimum absolute atomic E-state index is 0.00183. The van der Waals surface area contributed by atoms with Crippen LogP contribution in [0.3, 0.4) is 0 Å². The molecule has 1 heterocycles. The number of aromatic nitrogens is 2. The lowest BCUT2D eigenvalue weighted by molar-refractivity contribution is -0.146. The highest BCUT2D eigenvalue weighted by atomic mass is 32.1. The van der Waals surface area contributed by atoms with E-state index in [0.29, 0.717) is 27.3 Å². The first-order chi connectivity index (χ1) is 15.2. The topological polar surface area (TPSA) is 82.7 Å². The van der Waals surface area contributed by atoms with E-state index in [4.69, 9.17) is 12.2 Å².